The van der Waals surface area contributed by atoms with Crippen LogP contribution < -0.4 is 10.6 Å². The van der Waals surface area contributed by atoms with E-state index in [1.54, 1.807) is 18.3 Å². The molecule has 2 N–H and O–H groups in total. The second kappa shape index (κ2) is 6.31. The van der Waals surface area contributed by atoms with Gasteiger partial charge >= 0.3 is 0 Å². The van der Waals surface area contributed by atoms with Gasteiger partial charge in [-0.1, -0.05) is 0 Å². The molecule has 0 atom stereocenters. The van der Waals surface area contributed by atoms with Crippen LogP contribution in [0.4, 0.5) is 17.1 Å². The molecule has 0 aliphatic carbocycles. The Morgan fingerprint density at radius 3 is 2.57 bits per heavy atom. The molecule has 8 heteroatoms. The summed E-state index contributed by atoms with van der Waals surface area (Å²) in [7, 11) is 0. The maximum Gasteiger partial charge on any atom is 0.269 e. The molecule has 0 bridgehead atoms. The molecule has 0 fully saturated rings. The zero-order valence-electron chi connectivity index (χ0n) is 11.7. The summed E-state index contributed by atoms with van der Waals surface area (Å²) >= 11 is 5.21. The van der Waals surface area contributed by atoms with E-state index in [0.717, 1.165) is 17.9 Å². The second-order valence-electron chi connectivity index (χ2n) is 4.34. The van der Waals surface area contributed by atoms with Gasteiger partial charge < -0.3 is 10.6 Å². The number of rotatable bonds is 4. The Kier molecular flexibility index (Phi) is 4.49. The third-order valence-corrected chi connectivity index (χ3v) is 3.19. The fourth-order valence-corrected chi connectivity index (χ4v) is 2.07. The van der Waals surface area contributed by atoms with Crippen molar-refractivity contribution in [3.63, 3.8) is 0 Å². The number of benzene rings is 1. The van der Waals surface area contributed by atoms with Crippen LogP contribution in [0.25, 0.3) is 0 Å². The van der Waals surface area contributed by atoms with Gasteiger partial charge in [0, 0.05) is 24.4 Å². The highest BCUT2D eigenvalue weighted by molar-refractivity contribution is 7.80. The second-order valence-corrected chi connectivity index (χ2v) is 4.75. The minimum Gasteiger partial charge on any atom is -0.332 e. The van der Waals surface area contributed by atoms with E-state index in [-0.39, 0.29) is 5.69 Å². The molecule has 1 aromatic carbocycles. The Morgan fingerprint density at radius 2 is 2.05 bits per heavy atom. The van der Waals surface area contributed by atoms with E-state index in [9.17, 15) is 10.1 Å². The molecule has 0 unspecified atom stereocenters. The number of aromatic nitrogens is 2. The number of nitrogens with zero attached hydrogens (tertiary/aromatic N) is 3. The van der Waals surface area contributed by atoms with Crippen molar-refractivity contribution >= 4 is 34.4 Å². The largest absolute Gasteiger partial charge is 0.332 e. The van der Waals surface area contributed by atoms with Crippen LogP contribution in [0, 0.1) is 17.0 Å². The van der Waals surface area contributed by atoms with Gasteiger partial charge in [-0.05, 0) is 38.2 Å². The Labute approximate surface area is 127 Å². The summed E-state index contributed by atoms with van der Waals surface area (Å²) in [4.78, 5) is 10.1. The summed E-state index contributed by atoms with van der Waals surface area (Å²) in [6.07, 6.45) is 1.71. The van der Waals surface area contributed by atoms with Gasteiger partial charge in [-0.25, -0.2) is 0 Å². The highest BCUT2D eigenvalue weighted by Crippen LogP contribution is 2.17. The number of anilines is 2. The topological polar surface area (TPSA) is 85.0 Å². The van der Waals surface area contributed by atoms with Crippen molar-refractivity contribution in [3.8, 4) is 0 Å². The van der Waals surface area contributed by atoms with Crippen molar-refractivity contribution in [2.75, 3.05) is 10.6 Å². The molecule has 0 aliphatic rings. The van der Waals surface area contributed by atoms with Crippen molar-refractivity contribution in [2.45, 2.75) is 20.4 Å². The van der Waals surface area contributed by atoms with Crippen LogP contribution in [0.1, 0.15) is 12.6 Å². The van der Waals surface area contributed by atoms with Gasteiger partial charge in [0.05, 0.1) is 22.5 Å². The van der Waals surface area contributed by atoms with Gasteiger partial charge in [0.2, 0.25) is 0 Å². The quantitative estimate of drug-likeness (QED) is 0.513. The number of non-ortho nitro benzene ring substituents is 1. The molecule has 2 aromatic rings. The monoisotopic (exact) mass is 305 g/mol. The Hall–Kier alpha value is -2.48. The number of nitro benzene ring substituents is 1. The minimum atomic E-state index is -0.442. The SMILES string of the molecule is CCn1ncc(NC(=S)Nc2ccc([N+](=O)[O-])cc2)c1C. The molecule has 0 amide bonds. The predicted molar refractivity (Wildman–Crippen MR) is 85.6 cm³/mol. The first-order valence-electron chi connectivity index (χ1n) is 6.36. The van der Waals surface area contributed by atoms with Crippen LogP contribution in [0.5, 0.6) is 0 Å². The molecule has 1 aromatic heterocycles. The van der Waals surface area contributed by atoms with Crippen LogP contribution in [-0.2, 0) is 6.54 Å². The molecule has 0 aliphatic heterocycles. The average Bonchev–Trinajstić information content (AvgIpc) is 2.80. The number of nitro groups is 1. The van der Waals surface area contributed by atoms with E-state index in [4.69, 9.17) is 12.2 Å². The lowest BCUT2D eigenvalue weighted by Gasteiger charge is -2.10. The summed E-state index contributed by atoms with van der Waals surface area (Å²) in [5, 5.41) is 21.2. The number of nitrogens with one attached hydrogen (secondary N) is 2. The van der Waals surface area contributed by atoms with Crippen LogP contribution in [-0.4, -0.2) is 19.8 Å². The van der Waals surface area contributed by atoms with Gasteiger partial charge in [-0.15, -0.1) is 0 Å². The van der Waals surface area contributed by atoms with Gasteiger partial charge in [0.1, 0.15) is 0 Å². The van der Waals surface area contributed by atoms with E-state index in [1.807, 2.05) is 18.5 Å². The molecule has 2 rings (SSSR count). The summed E-state index contributed by atoms with van der Waals surface area (Å²) in [6.45, 7) is 4.75. The molecule has 21 heavy (non-hydrogen) atoms. The summed E-state index contributed by atoms with van der Waals surface area (Å²) in [6, 6.07) is 6.06. The predicted octanol–water partition coefficient (Wildman–Crippen LogP) is 2.93. The van der Waals surface area contributed by atoms with Crippen molar-refractivity contribution in [1.82, 2.24) is 9.78 Å². The lowest BCUT2D eigenvalue weighted by atomic mass is 10.3. The van der Waals surface area contributed by atoms with E-state index in [0.29, 0.717) is 10.8 Å². The van der Waals surface area contributed by atoms with Gasteiger partial charge in [-0.2, -0.15) is 5.10 Å². The zero-order valence-corrected chi connectivity index (χ0v) is 12.5. The molecular weight excluding hydrogens is 290 g/mol. The third-order valence-electron chi connectivity index (χ3n) is 2.99. The maximum absolute atomic E-state index is 10.6. The lowest BCUT2D eigenvalue weighted by Crippen LogP contribution is -2.19. The summed E-state index contributed by atoms with van der Waals surface area (Å²) < 4.78 is 1.86. The molecule has 1 heterocycles. The Morgan fingerprint density at radius 1 is 1.38 bits per heavy atom. The summed E-state index contributed by atoms with van der Waals surface area (Å²) in [5.74, 6) is 0. The molecular formula is C13H15N5O2S. The third kappa shape index (κ3) is 3.54. The molecule has 0 spiro atoms. The minimum absolute atomic E-state index is 0.0412. The van der Waals surface area contributed by atoms with Gasteiger partial charge in [-0.3, -0.25) is 14.8 Å². The molecule has 110 valence electrons. The van der Waals surface area contributed by atoms with E-state index < -0.39 is 4.92 Å². The van der Waals surface area contributed by atoms with Crippen molar-refractivity contribution < 1.29 is 4.92 Å². The molecule has 7 nitrogen and oxygen atoms in total. The van der Waals surface area contributed by atoms with E-state index >= 15 is 0 Å². The fraction of sp³-hybridized carbons (Fsp3) is 0.231. The van der Waals surface area contributed by atoms with Crippen molar-refractivity contribution in [2.24, 2.45) is 0 Å². The smallest absolute Gasteiger partial charge is 0.269 e. The Balaban J connectivity index is 2.01. The number of aryl methyl sites for hydroxylation is 1. The van der Waals surface area contributed by atoms with Crippen LogP contribution >= 0.6 is 12.2 Å². The molecule has 0 saturated heterocycles. The zero-order chi connectivity index (χ0) is 15.4. The molecule has 0 saturated carbocycles. The maximum atomic E-state index is 10.6. The number of hydrogen-bond acceptors (Lipinski definition) is 4. The van der Waals surface area contributed by atoms with Gasteiger partial charge in [0.25, 0.3) is 5.69 Å². The number of hydrogen-bond donors (Lipinski definition) is 2. The Bertz CT molecular complexity index is 666. The first-order chi connectivity index (χ1) is 10.0. The van der Waals surface area contributed by atoms with Crippen molar-refractivity contribution in [3.05, 3.63) is 46.3 Å². The van der Waals surface area contributed by atoms with E-state index in [1.165, 1.54) is 12.1 Å². The standard InChI is InChI=1S/C13H15N5O2S/c1-3-17-9(2)12(8-14-17)16-13(21)15-10-4-6-11(7-5-10)18(19)20/h4-8H,3H2,1-2H3,(H2,15,16,21). The average molecular weight is 305 g/mol. The van der Waals surface area contributed by atoms with Crippen LogP contribution in [0.3, 0.4) is 0 Å². The summed E-state index contributed by atoms with van der Waals surface area (Å²) in [5.41, 5.74) is 2.54. The lowest BCUT2D eigenvalue weighted by molar-refractivity contribution is -0.384. The normalized spacial score (nSPS) is 10.2. The first kappa shape index (κ1) is 14.9. The molecule has 0 radical (unpaired) electrons. The fourth-order valence-electron chi connectivity index (χ4n) is 1.84. The first-order valence-corrected chi connectivity index (χ1v) is 6.77. The van der Waals surface area contributed by atoms with Crippen LogP contribution in [0.2, 0.25) is 0 Å². The highest BCUT2D eigenvalue weighted by atomic mass is 32.1. The highest BCUT2D eigenvalue weighted by Gasteiger charge is 2.08. The van der Waals surface area contributed by atoms with Gasteiger partial charge in [0.15, 0.2) is 5.11 Å². The van der Waals surface area contributed by atoms with Crippen LogP contribution in [0.15, 0.2) is 30.5 Å². The number of thiocarbonyl (C=S) groups is 1. The van der Waals surface area contributed by atoms with E-state index in [2.05, 4.69) is 15.7 Å². The van der Waals surface area contributed by atoms with Crippen molar-refractivity contribution in [1.29, 1.82) is 0 Å².